The molecule has 2 rings (SSSR count). The van der Waals surface area contributed by atoms with E-state index in [1.54, 1.807) is 44.4 Å². The van der Waals surface area contributed by atoms with Crippen LogP contribution >= 0.6 is 0 Å². The number of nitrogens with zero attached hydrogens (tertiary/aromatic N) is 1. The Bertz CT molecular complexity index is 723. The van der Waals surface area contributed by atoms with Gasteiger partial charge in [-0.1, -0.05) is 12.1 Å². The van der Waals surface area contributed by atoms with Gasteiger partial charge in [0.15, 0.2) is 17.8 Å². The van der Waals surface area contributed by atoms with Crippen molar-refractivity contribution in [3.05, 3.63) is 47.5 Å². The number of carbonyl (C=O) groups is 2. The molecule has 1 amide bonds. The topological polar surface area (TPSA) is 66.8 Å². The lowest BCUT2D eigenvalue weighted by Crippen LogP contribution is -2.21. The highest BCUT2D eigenvalue weighted by Gasteiger charge is 2.13. The molecule has 5 heteroatoms. The van der Waals surface area contributed by atoms with E-state index in [0.29, 0.717) is 17.4 Å². The molecule has 2 aromatic carbocycles. The van der Waals surface area contributed by atoms with Crippen molar-refractivity contribution >= 4 is 12.2 Å². The number of hydrogen-bond acceptors (Lipinski definition) is 4. The van der Waals surface area contributed by atoms with E-state index in [4.69, 9.17) is 4.74 Å². The van der Waals surface area contributed by atoms with Gasteiger partial charge in [-0.25, -0.2) is 0 Å². The summed E-state index contributed by atoms with van der Waals surface area (Å²) in [5, 5.41) is 9.86. The van der Waals surface area contributed by atoms with Gasteiger partial charge < -0.3 is 14.7 Å². The first-order valence-corrected chi connectivity index (χ1v) is 6.66. The lowest BCUT2D eigenvalue weighted by Gasteiger charge is -2.12. The maximum atomic E-state index is 12.0. The fourth-order valence-electron chi connectivity index (χ4n) is 2.13. The standard InChI is InChI=1S/C17H17NO4/c1-18(2)17(21)12-6-4-5-11(7-12)13-8-14(10-19)16(20)15(9-13)22-3/h4-10,20H,1-3H3. The van der Waals surface area contributed by atoms with Crippen LogP contribution < -0.4 is 4.74 Å². The van der Waals surface area contributed by atoms with Gasteiger partial charge in [-0.3, -0.25) is 9.59 Å². The van der Waals surface area contributed by atoms with Gasteiger partial charge in [0.05, 0.1) is 12.7 Å². The van der Waals surface area contributed by atoms with Gasteiger partial charge >= 0.3 is 0 Å². The largest absolute Gasteiger partial charge is 0.504 e. The lowest BCUT2D eigenvalue weighted by atomic mass is 10.00. The average molecular weight is 299 g/mol. The Morgan fingerprint density at radius 1 is 1.18 bits per heavy atom. The van der Waals surface area contributed by atoms with Crippen LogP contribution in [-0.4, -0.2) is 43.4 Å². The minimum atomic E-state index is -0.193. The van der Waals surface area contributed by atoms with Crippen LogP contribution in [0.5, 0.6) is 11.5 Å². The van der Waals surface area contributed by atoms with Gasteiger partial charge in [-0.05, 0) is 35.4 Å². The summed E-state index contributed by atoms with van der Waals surface area (Å²) in [5.74, 6) is -0.0890. The van der Waals surface area contributed by atoms with Crippen molar-refractivity contribution in [1.29, 1.82) is 0 Å². The maximum Gasteiger partial charge on any atom is 0.253 e. The quantitative estimate of drug-likeness (QED) is 0.881. The predicted octanol–water partition coefficient (Wildman–Crippen LogP) is 2.58. The van der Waals surface area contributed by atoms with Gasteiger partial charge in [0.1, 0.15) is 0 Å². The number of phenols is 1. The first kappa shape index (κ1) is 15.6. The summed E-state index contributed by atoms with van der Waals surface area (Å²) in [6.07, 6.45) is 0.566. The normalized spacial score (nSPS) is 10.1. The van der Waals surface area contributed by atoms with Crippen LogP contribution in [0.1, 0.15) is 20.7 Å². The Balaban J connectivity index is 2.55. The fraction of sp³-hybridized carbons (Fsp3) is 0.176. The minimum absolute atomic E-state index is 0.108. The first-order chi connectivity index (χ1) is 10.5. The number of benzene rings is 2. The molecule has 0 radical (unpaired) electrons. The van der Waals surface area contributed by atoms with E-state index in [1.807, 2.05) is 6.07 Å². The zero-order valence-corrected chi connectivity index (χ0v) is 12.7. The number of phenolic OH excluding ortho intramolecular Hbond substituents is 1. The molecule has 0 aliphatic rings. The molecule has 114 valence electrons. The lowest BCUT2D eigenvalue weighted by molar-refractivity contribution is 0.0827. The molecule has 0 bridgehead atoms. The van der Waals surface area contributed by atoms with E-state index in [-0.39, 0.29) is 23.0 Å². The van der Waals surface area contributed by atoms with Crippen LogP contribution in [0.15, 0.2) is 36.4 Å². The second-order valence-corrected chi connectivity index (χ2v) is 5.01. The molecule has 0 fully saturated rings. The predicted molar refractivity (Wildman–Crippen MR) is 83.5 cm³/mol. The maximum absolute atomic E-state index is 12.0. The molecule has 5 nitrogen and oxygen atoms in total. The molecule has 0 unspecified atom stereocenters. The highest BCUT2D eigenvalue weighted by molar-refractivity contribution is 5.95. The third-order valence-corrected chi connectivity index (χ3v) is 3.30. The van der Waals surface area contributed by atoms with Crippen molar-refractivity contribution in [1.82, 2.24) is 4.90 Å². The molecule has 0 atom stereocenters. The molecular weight excluding hydrogens is 282 g/mol. The molecule has 0 saturated carbocycles. The smallest absolute Gasteiger partial charge is 0.253 e. The Morgan fingerprint density at radius 2 is 1.91 bits per heavy atom. The van der Waals surface area contributed by atoms with Gasteiger partial charge in [-0.2, -0.15) is 0 Å². The fourth-order valence-corrected chi connectivity index (χ4v) is 2.13. The van der Waals surface area contributed by atoms with Crippen LogP contribution in [0.2, 0.25) is 0 Å². The number of aldehydes is 1. The highest BCUT2D eigenvalue weighted by Crippen LogP contribution is 2.34. The number of carbonyl (C=O) groups excluding carboxylic acids is 2. The van der Waals surface area contributed by atoms with Gasteiger partial charge in [-0.15, -0.1) is 0 Å². The van der Waals surface area contributed by atoms with Crippen molar-refractivity contribution in [2.75, 3.05) is 21.2 Å². The first-order valence-electron chi connectivity index (χ1n) is 6.66. The van der Waals surface area contributed by atoms with Crippen molar-refractivity contribution in [2.24, 2.45) is 0 Å². The van der Waals surface area contributed by atoms with E-state index < -0.39 is 0 Å². The summed E-state index contributed by atoms with van der Waals surface area (Å²) in [6, 6.07) is 10.2. The third-order valence-electron chi connectivity index (χ3n) is 3.30. The van der Waals surface area contributed by atoms with E-state index in [1.165, 1.54) is 12.0 Å². The zero-order valence-electron chi connectivity index (χ0n) is 12.7. The van der Waals surface area contributed by atoms with Crippen LogP contribution in [0.3, 0.4) is 0 Å². The third kappa shape index (κ3) is 2.93. The average Bonchev–Trinajstić information content (AvgIpc) is 2.54. The Labute approximate surface area is 128 Å². The van der Waals surface area contributed by atoms with Crippen molar-refractivity contribution in [2.45, 2.75) is 0 Å². The monoisotopic (exact) mass is 299 g/mol. The Morgan fingerprint density at radius 3 is 2.50 bits per heavy atom. The van der Waals surface area contributed by atoms with Crippen molar-refractivity contribution in [3.8, 4) is 22.6 Å². The Kier molecular flexibility index (Phi) is 4.46. The van der Waals surface area contributed by atoms with Gasteiger partial charge in [0.2, 0.25) is 0 Å². The summed E-state index contributed by atoms with van der Waals surface area (Å²) in [6.45, 7) is 0. The second kappa shape index (κ2) is 6.30. The molecule has 22 heavy (non-hydrogen) atoms. The van der Waals surface area contributed by atoms with E-state index in [0.717, 1.165) is 5.56 Å². The number of ether oxygens (including phenoxy) is 1. The summed E-state index contributed by atoms with van der Waals surface area (Å²) in [5.41, 5.74) is 2.13. The molecule has 0 aromatic heterocycles. The molecule has 0 spiro atoms. The summed E-state index contributed by atoms with van der Waals surface area (Å²) < 4.78 is 5.08. The van der Waals surface area contributed by atoms with Crippen LogP contribution in [0.25, 0.3) is 11.1 Å². The molecule has 2 aromatic rings. The molecule has 0 saturated heterocycles. The number of methoxy groups -OCH3 is 1. The van der Waals surface area contributed by atoms with Crippen LogP contribution in [-0.2, 0) is 0 Å². The molecule has 0 aliphatic heterocycles. The van der Waals surface area contributed by atoms with Crippen LogP contribution in [0, 0.1) is 0 Å². The minimum Gasteiger partial charge on any atom is -0.504 e. The SMILES string of the molecule is COc1cc(-c2cccc(C(=O)N(C)C)c2)cc(C=O)c1O. The molecular formula is C17H17NO4. The van der Waals surface area contributed by atoms with Gasteiger partial charge in [0.25, 0.3) is 5.91 Å². The number of amides is 1. The van der Waals surface area contributed by atoms with Crippen molar-refractivity contribution in [3.63, 3.8) is 0 Å². The van der Waals surface area contributed by atoms with Crippen molar-refractivity contribution < 1.29 is 19.4 Å². The second-order valence-electron chi connectivity index (χ2n) is 5.01. The van der Waals surface area contributed by atoms with E-state index in [2.05, 4.69) is 0 Å². The summed E-state index contributed by atoms with van der Waals surface area (Å²) in [7, 11) is 4.78. The number of rotatable bonds is 4. The Hall–Kier alpha value is -2.82. The molecule has 1 N–H and O–H groups in total. The van der Waals surface area contributed by atoms with E-state index in [9.17, 15) is 14.7 Å². The summed E-state index contributed by atoms with van der Waals surface area (Å²) in [4.78, 5) is 24.6. The number of hydrogen-bond donors (Lipinski definition) is 1. The molecule has 0 aliphatic carbocycles. The summed E-state index contributed by atoms with van der Waals surface area (Å²) >= 11 is 0. The molecule has 0 heterocycles. The van der Waals surface area contributed by atoms with Crippen LogP contribution in [0.4, 0.5) is 0 Å². The number of aromatic hydroxyl groups is 1. The zero-order chi connectivity index (χ0) is 16.3. The van der Waals surface area contributed by atoms with E-state index >= 15 is 0 Å². The highest BCUT2D eigenvalue weighted by atomic mass is 16.5. The van der Waals surface area contributed by atoms with Gasteiger partial charge in [0, 0.05) is 19.7 Å².